The smallest absolute Gasteiger partial charge is 0.345 e. The molecule has 0 spiro atoms. The fraction of sp³-hybridized carbons (Fsp3) is 0.529. The van der Waals surface area contributed by atoms with E-state index in [2.05, 4.69) is 5.32 Å². The van der Waals surface area contributed by atoms with Crippen LogP contribution in [0.15, 0.2) is 18.2 Å². The van der Waals surface area contributed by atoms with Gasteiger partial charge in [0.25, 0.3) is 0 Å². The van der Waals surface area contributed by atoms with Crippen molar-refractivity contribution in [2.24, 2.45) is 5.41 Å². The summed E-state index contributed by atoms with van der Waals surface area (Å²) in [7, 11) is 1.63. The number of anilines is 1. The van der Waals surface area contributed by atoms with E-state index < -0.39 is 28.1 Å². The number of alkyl halides is 3. The molecule has 25 heavy (non-hydrogen) atoms. The summed E-state index contributed by atoms with van der Waals surface area (Å²) >= 11 is 5.57. The summed E-state index contributed by atoms with van der Waals surface area (Å²) < 4.78 is 38.7. The van der Waals surface area contributed by atoms with Crippen molar-refractivity contribution in [2.75, 3.05) is 18.9 Å². The molecule has 0 atom stereocenters. The summed E-state index contributed by atoms with van der Waals surface area (Å²) in [6, 6.07) is 3.15. The molecule has 1 aliphatic carbocycles. The maximum atomic E-state index is 12.9. The Morgan fingerprint density at radius 1 is 1.32 bits per heavy atom. The maximum Gasteiger partial charge on any atom is 0.417 e. The molecule has 1 fully saturated rings. The third-order valence-electron chi connectivity index (χ3n) is 4.32. The quantitative estimate of drug-likeness (QED) is 0.751. The molecule has 1 aromatic rings. The Bertz CT molecular complexity index is 672. The highest BCUT2D eigenvalue weighted by molar-refractivity contribution is 6.31. The summed E-state index contributed by atoms with van der Waals surface area (Å²) in [6.07, 6.45) is -2.08. The number of amides is 2. The molecule has 0 radical (unpaired) electrons. The number of hydrogen-bond acceptors (Lipinski definition) is 2. The Morgan fingerprint density at radius 3 is 2.48 bits per heavy atom. The van der Waals surface area contributed by atoms with Gasteiger partial charge in [-0.3, -0.25) is 9.59 Å². The van der Waals surface area contributed by atoms with Crippen LogP contribution in [0.3, 0.4) is 0 Å². The second-order valence-corrected chi connectivity index (χ2v) is 6.72. The van der Waals surface area contributed by atoms with E-state index in [9.17, 15) is 22.8 Å². The van der Waals surface area contributed by atoms with Crippen molar-refractivity contribution in [3.63, 3.8) is 0 Å². The number of rotatable bonds is 6. The van der Waals surface area contributed by atoms with E-state index in [1.165, 1.54) is 11.0 Å². The topological polar surface area (TPSA) is 49.4 Å². The minimum absolute atomic E-state index is 0.0305. The van der Waals surface area contributed by atoms with Gasteiger partial charge in [0.15, 0.2) is 0 Å². The van der Waals surface area contributed by atoms with Crippen LogP contribution in [0.1, 0.15) is 38.2 Å². The van der Waals surface area contributed by atoms with E-state index in [-0.39, 0.29) is 11.6 Å². The largest absolute Gasteiger partial charge is 0.417 e. The number of carbonyl (C=O) groups excluding carboxylic acids is 2. The van der Waals surface area contributed by atoms with Gasteiger partial charge in [-0.15, -0.1) is 0 Å². The number of unbranched alkanes of at least 4 members (excludes halogenated alkanes) is 1. The third kappa shape index (κ3) is 4.26. The van der Waals surface area contributed by atoms with Crippen LogP contribution in [-0.4, -0.2) is 30.3 Å². The summed E-state index contributed by atoms with van der Waals surface area (Å²) in [5, 5.41) is 1.99. The Balaban J connectivity index is 2.13. The van der Waals surface area contributed by atoms with Gasteiger partial charge in [-0.2, -0.15) is 13.2 Å². The molecule has 2 amide bonds. The minimum Gasteiger partial charge on any atom is -0.345 e. The van der Waals surface area contributed by atoms with Gasteiger partial charge in [0.2, 0.25) is 11.8 Å². The lowest BCUT2D eigenvalue weighted by molar-refractivity contribution is -0.141. The molecule has 8 heteroatoms. The predicted octanol–water partition coefficient (Wildman–Crippen LogP) is 4.34. The van der Waals surface area contributed by atoms with Gasteiger partial charge in [0, 0.05) is 19.3 Å². The molecule has 1 N–H and O–H groups in total. The highest BCUT2D eigenvalue weighted by Crippen LogP contribution is 2.48. The van der Waals surface area contributed by atoms with Crippen LogP contribution in [-0.2, 0) is 15.8 Å². The lowest BCUT2D eigenvalue weighted by atomic mass is 10.0. The lowest BCUT2D eigenvalue weighted by Gasteiger charge is -2.23. The summed E-state index contributed by atoms with van der Waals surface area (Å²) in [5.74, 6) is -0.861. The molecular weight excluding hydrogens is 357 g/mol. The zero-order chi connectivity index (χ0) is 18.8. The number of nitrogens with zero attached hydrogens (tertiary/aromatic N) is 1. The number of halogens is 4. The molecule has 0 heterocycles. The van der Waals surface area contributed by atoms with Gasteiger partial charge in [-0.25, -0.2) is 0 Å². The number of hydrogen-bond donors (Lipinski definition) is 1. The molecule has 0 saturated heterocycles. The monoisotopic (exact) mass is 376 g/mol. The van der Waals surface area contributed by atoms with Gasteiger partial charge in [0.05, 0.1) is 10.6 Å². The SMILES string of the molecule is CCCCN(C)C(=O)C1(C(=O)Nc2ccc(Cl)c(C(F)(F)F)c2)CC1. The van der Waals surface area contributed by atoms with Crippen LogP contribution in [0.25, 0.3) is 0 Å². The van der Waals surface area contributed by atoms with Crippen LogP contribution in [0.5, 0.6) is 0 Å². The van der Waals surface area contributed by atoms with Crippen molar-refractivity contribution in [3.05, 3.63) is 28.8 Å². The molecule has 2 rings (SSSR count). The predicted molar refractivity (Wildman–Crippen MR) is 89.3 cm³/mol. The molecule has 0 unspecified atom stereocenters. The first-order valence-corrected chi connectivity index (χ1v) is 8.43. The summed E-state index contributed by atoms with van der Waals surface area (Å²) in [6.45, 7) is 2.54. The van der Waals surface area contributed by atoms with E-state index in [1.807, 2.05) is 6.92 Å². The van der Waals surface area contributed by atoms with E-state index in [0.29, 0.717) is 19.4 Å². The Kier molecular flexibility index (Phi) is 5.66. The highest BCUT2D eigenvalue weighted by atomic mass is 35.5. The van der Waals surface area contributed by atoms with Gasteiger partial charge >= 0.3 is 6.18 Å². The van der Waals surface area contributed by atoms with Crippen LogP contribution in [0.4, 0.5) is 18.9 Å². The average molecular weight is 377 g/mol. The van der Waals surface area contributed by atoms with Gasteiger partial charge in [-0.05, 0) is 37.5 Å². The first-order chi connectivity index (χ1) is 11.6. The first kappa shape index (κ1) is 19.6. The van der Waals surface area contributed by atoms with E-state index in [4.69, 9.17) is 11.6 Å². The molecule has 0 aromatic heterocycles. The molecule has 138 valence electrons. The normalized spacial score (nSPS) is 15.6. The average Bonchev–Trinajstić information content (AvgIpc) is 3.34. The van der Waals surface area contributed by atoms with Gasteiger partial charge in [0.1, 0.15) is 5.41 Å². The van der Waals surface area contributed by atoms with Crippen molar-refractivity contribution >= 4 is 29.1 Å². The van der Waals surface area contributed by atoms with Crippen molar-refractivity contribution in [2.45, 2.75) is 38.8 Å². The highest BCUT2D eigenvalue weighted by Gasteiger charge is 2.57. The van der Waals surface area contributed by atoms with E-state index >= 15 is 0 Å². The second kappa shape index (κ2) is 7.23. The molecular formula is C17H20ClF3N2O2. The summed E-state index contributed by atoms with van der Waals surface area (Å²) in [5.41, 5.74) is -2.22. The van der Waals surface area contributed by atoms with Crippen LogP contribution in [0.2, 0.25) is 5.02 Å². The first-order valence-electron chi connectivity index (χ1n) is 8.05. The Labute approximate surface area is 149 Å². The van der Waals surface area contributed by atoms with Crippen LogP contribution in [0, 0.1) is 5.41 Å². The van der Waals surface area contributed by atoms with Crippen molar-refractivity contribution in [3.8, 4) is 0 Å². The second-order valence-electron chi connectivity index (χ2n) is 6.31. The zero-order valence-corrected chi connectivity index (χ0v) is 14.8. The molecule has 1 saturated carbocycles. The fourth-order valence-electron chi connectivity index (χ4n) is 2.60. The molecule has 1 aliphatic rings. The number of nitrogens with one attached hydrogen (secondary N) is 1. The fourth-order valence-corrected chi connectivity index (χ4v) is 2.82. The van der Waals surface area contributed by atoms with Crippen molar-refractivity contribution < 1.29 is 22.8 Å². The zero-order valence-electron chi connectivity index (χ0n) is 14.0. The van der Waals surface area contributed by atoms with E-state index in [1.54, 1.807) is 7.05 Å². The molecule has 0 bridgehead atoms. The van der Waals surface area contributed by atoms with Crippen LogP contribution >= 0.6 is 11.6 Å². The molecule has 4 nitrogen and oxygen atoms in total. The number of carbonyl (C=O) groups is 2. The van der Waals surface area contributed by atoms with Gasteiger partial charge in [-0.1, -0.05) is 24.9 Å². The molecule has 0 aliphatic heterocycles. The van der Waals surface area contributed by atoms with Crippen molar-refractivity contribution in [1.82, 2.24) is 4.90 Å². The third-order valence-corrected chi connectivity index (χ3v) is 4.65. The van der Waals surface area contributed by atoms with Crippen LogP contribution < -0.4 is 5.32 Å². The molecule has 1 aromatic carbocycles. The summed E-state index contributed by atoms with van der Waals surface area (Å²) in [4.78, 5) is 26.5. The van der Waals surface area contributed by atoms with E-state index in [0.717, 1.165) is 25.0 Å². The van der Waals surface area contributed by atoms with Crippen molar-refractivity contribution in [1.29, 1.82) is 0 Å². The lowest BCUT2D eigenvalue weighted by Crippen LogP contribution is -2.41. The number of benzene rings is 1. The van der Waals surface area contributed by atoms with Gasteiger partial charge < -0.3 is 10.2 Å². The Hall–Kier alpha value is -1.76. The minimum atomic E-state index is -4.62. The standard InChI is InChI=1S/C17H20ClF3N2O2/c1-3-4-9-23(2)15(25)16(7-8-16)14(24)22-11-5-6-13(18)12(10-11)17(19,20)21/h5-6,10H,3-4,7-9H2,1-2H3,(H,22,24). The maximum absolute atomic E-state index is 12.9. The Morgan fingerprint density at radius 2 is 1.96 bits per heavy atom.